The van der Waals surface area contributed by atoms with Crippen molar-refractivity contribution in [2.75, 3.05) is 52.4 Å². The second kappa shape index (κ2) is 9.93. The van der Waals surface area contributed by atoms with Gasteiger partial charge in [0, 0.05) is 45.8 Å². The van der Waals surface area contributed by atoms with Crippen molar-refractivity contribution in [3.63, 3.8) is 0 Å². The Hall–Kier alpha value is -2.06. The fourth-order valence-corrected chi connectivity index (χ4v) is 3.85. The summed E-state index contributed by atoms with van der Waals surface area (Å²) in [7, 11) is 0. The zero-order chi connectivity index (χ0) is 19.9. The molecule has 8 nitrogen and oxygen atoms in total. The normalized spacial score (nSPS) is 21.0. The Morgan fingerprint density at radius 2 is 1.93 bits per heavy atom. The van der Waals surface area contributed by atoms with Crippen LogP contribution in [0.1, 0.15) is 38.6 Å². The molecule has 3 rings (SSSR count). The summed E-state index contributed by atoms with van der Waals surface area (Å²) in [5.41, 5.74) is 0. The number of rotatable bonds is 6. The number of aliphatic hydroxyl groups excluding tert-OH is 1. The maximum absolute atomic E-state index is 12.7. The Bertz CT molecular complexity index is 634. The minimum absolute atomic E-state index is 0.0689. The van der Waals surface area contributed by atoms with Gasteiger partial charge in [-0.15, -0.1) is 0 Å². The Labute approximate surface area is 167 Å². The highest BCUT2D eigenvalue weighted by Gasteiger charge is 2.30. The number of carbonyl (C=O) groups is 1. The van der Waals surface area contributed by atoms with E-state index in [1.807, 2.05) is 18.7 Å². The van der Waals surface area contributed by atoms with E-state index in [2.05, 4.69) is 20.1 Å². The number of amides is 1. The lowest BCUT2D eigenvalue weighted by Gasteiger charge is -2.39. The number of furan rings is 1. The van der Waals surface area contributed by atoms with Crippen molar-refractivity contribution in [1.82, 2.24) is 20.0 Å². The van der Waals surface area contributed by atoms with Crippen LogP contribution in [0.4, 0.5) is 0 Å². The highest BCUT2D eigenvalue weighted by atomic mass is 16.4. The van der Waals surface area contributed by atoms with Crippen LogP contribution >= 0.6 is 0 Å². The van der Waals surface area contributed by atoms with Crippen LogP contribution in [-0.2, 0) is 4.79 Å². The maximum atomic E-state index is 12.7. The van der Waals surface area contributed by atoms with Gasteiger partial charge in [0.25, 0.3) is 0 Å². The number of aliphatic hydroxyl groups is 1. The number of nitrogens with one attached hydrogen (secondary N) is 1. The molecule has 2 unspecified atom stereocenters. The van der Waals surface area contributed by atoms with Crippen LogP contribution in [0.2, 0.25) is 0 Å². The summed E-state index contributed by atoms with van der Waals surface area (Å²) >= 11 is 0. The first-order valence-electron chi connectivity index (χ1n) is 10.4. The number of hydrogen-bond acceptors (Lipinski definition) is 5. The molecule has 1 amide bonds. The van der Waals surface area contributed by atoms with Crippen molar-refractivity contribution in [3.8, 4) is 0 Å². The van der Waals surface area contributed by atoms with Crippen LogP contribution in [0, 0.1) is 0 Å². The summed E-state index contributed by atoms with van der Waals surface area (Å²) in [6, 6.07) is 3.45. The summed E-state index contributed by atoms with van der Waals surface area (Å²) in [4.78, 5) is 23.7. The lowest BCUT2D eigenvalue weighted by atomic mass is 10.2. The number of likely N-dealkylation sites (tertiary alicyclic amines) is 1. The molecule has 0 radical (unpaired) electrons. The summed E-state index contributed by atoms with van der Waals surface area (Å²) in [6.45, 7) is 10.1. The first-order valence-corrected chi connectivity index (χ1v) is 10.4. The van der Waals surface area contributed by atoms with Crippen molar-refractivity contribution < 1.29 is 14.3 Å². The van der Waals surface area contributed by atoms with Gasteiger partial charge in [0.2, 0.25) is 5.91 Å². The lowest BCUT2D eigenvalue weighted by molar-refractivity contribution is -0.135. The molecule has 3 heterocycles. The van der Waals surface area contributed by atoms with Crippen molar-refractivity contribution in [2.24, 2.45) is 4.99 Å². The number of carbonyl (C=O) groups excluding carboxylic acids is 1. The Morgan fingerprint density at radius 1 is 1.21 bits per heavy atom. The van der Waals surface area contributed by atoms with E-state index in [9.17, 15) is 9.90 Å². The van der Waals surface area contributed by atoms with Gasteiger partial charge < -0.3 is 24.6 Å². The predicted molar refractivity (Wildman–Crippen MR) is 108 cm³/mol. The molecule has 0 aromatic carbocycles. The second-order valence-electron chi connectivity index (χ2n) is 7.46. The monoisotopic (exact) mass is 391 g/mol. The SMILES string of the molecule is CCNC(=NCC(O)c1ccco1)N1CCN(C(C)C(=O)N2CCCC2)CC1. The molecule has 0 saturated carbocycles. The molecule has 2 N–H and O–H groups in total. The molecule has 1 aromatic heterocycles. The smallest absolute Gasteiger partial charge is 0.239 e. The molecule has 2 aliphatic heterocycles. The fourth-order valence-electron chi connectivity index (χ4n) is 3.85. The Balaban J connectivity index is 1.53. The number of hydrogen-bond donors (Lipinski definition) is 2. The number of piperazine rings is 1. The molecule has 0 spiro atoms. The third kappa shape index (κ3) is 5.05. The van der Waals surface area contributed by atoms with Crippen LogP contribution in [-0.4, -0.2) is 90.1 Å². The zero-order valence-electron chi connectivity index (χ0n) is 17.0. The highest BCUT2D eigenvalue weighted by molar-refractivity contribution is 5.82. The molecule has 1 aromatic rings. The first kappa shape index (κ1) is 20.7. The van der Waals surface area contributed by atoms with E-state index in [1.165, 1.54) is 0 Å². The molecule has 156 valence electrons. The number of aliphatic imine (C=N–C) groups is 1. The Morgan fingerprint density at radius 3 is 2.54 bits per heavy atom. The highest BCUT2D eigenvalue weighted by Crippen LogP contribution is 2.15. The number of nitrogens with zero attached hydrogens (tertiary/aromatic N) is 4. The van der Waals surface area contributed by atoms with Crippen LogP contribution in [0.5, 0.6) is 0 Å². The minimum Gasteiger partial charge on any atom is -0.467 e. The largest absolute Gasteiger partial charge is 0.467 e. The van der Waals surface area contributed by atoms with Gasteiger partial charge in [0.1, 0.15) is 11.9 Å². The average molecular weight is 392 g/mol. The zero-order valence-corrected chi connectivity index (χ0v) is 17.0. The molecule has 0 bridgehead atoms. The molecule has 2 atom stereocenters. The topological polar surface area (TPSA) is 84.5 Å². The quantitative estimate of drug-likeness (QED) is 0.554. The van der Waals surface area contributed by atoms with Crippen LogP contribution < -0.4 is 5.32 Å². The van der Waals surface area contributed by atoms with E-state index in [0.29, 0.717) is 5.76 Å². The van der Waals surface area contributed by atoms with Crippen molar-refractivity contribution >= 4 is 11.9 Å². The van der Waals surface area contributed by atoms with Gasteiger partial charge in [-0.05, 0) is 38.8 Å². The maximum Gasteiger partial charge on any atom is 0.239 e. The average Bonchev–Trinajstić information content (AvgIpc) is 3.44. The third-order valence-corrected chi connectivity index (χ3v) is 5.56. The van der Waals surface area contributed by atoms with Gasteiger partial charge in [-0.3, -0.25) is 9.69 Å². The molecule has 2 saturated heterocycles. The molecule has 2 aliphatic rings. The van der Waals surface area contributed by atoms with E-state index < -0.39 is 6.10 Å². The molecular weight excluding hydrogens is 358 g/mol. The Kier molecular flexibility index (Phi) is 7.33. The van der Waals surface area contributed by atoms with Crippen LogP contribution in [0.3, 0.4) is 0 Å². The molecular formula is C20H33N5O3. The van der Waals surface area contributed by atoms with Gasteiger partial charge in [-0.1, -0.05) is 0 Å². The predicted octanol–water partition coefficient (Wildman–Crippen LogP) is 0.907. The van der Waals surface area contributed by atoms with Gasteiger partial charge in [0.15, 0.2) is 5.96 Å². The van der Waals surface area contributed by atoms with Crippen LogP contribution in [0.15, 0.2) is 27.8 Å². The van der Waals surface area contributed by atoms with E-state index in [1.54, 1.807) is 18.4 Å². The fraction of sp³-hybridized carbons (Fsp3) is 0.700. The minimum atomic E-state index is -0.747. The van der Waals surface area contributed by atoms with Gasteiger partial charge in [0.05, 0.1) is 18.8 Å². The van der Waals surface area contributed by atoms with E-state index in [-0.39, 0.29) is 18.5 Å². The summed E-state index contributed by atoms with van der Waals surface area (Å²) < 4.78 is 5.24. The molecule has 28 heavy (non-hydrogen) atoms. The molecule has 2 fully saturated rings. The summed E-state index contributed by atoms with van der Waals surface area (Å²) in [5.74, 6) is 1.58. The van der Waals surface area contributed by atoms with E-state index in [4.69, 9.17) is 4.42 Å². The van der Waals surface area contributed by atoms with Crippen molar-refractivity contribution in [3.05, 3.63) is 24.2 Å². The third-order valence-electron chi connectivity index (χ3n) is 5.56. The van der Waals surface area contributed by atoms with Crippen molar-refractivity contribution in [1.29, 1.82) is 0 Å². The standard InChI is InChI=1S/C20H33N5O3/c1-3-21-20(22-15-17(26)18-7-6-14-28-18)25-12-10-23(11-13-25)16(2)19(27)24-8-4-5-9-24/h6-7,14,16-17,26H,3-5,8-13,15H2,1-2H3,(H,21,22). The summed E-state index contributed by atoms with van der Waals surface area (Å²) in [5, 5.41) is 13.5. The van der Waals surface area contributed by atoms with E-state index in [0.717, 1.165) is 64.6 Å². The molecule has 8 heteroatoms. The molecule has 0 aliphatic carbocycles. The van der Waals surface area contributed by atoms with E-state index >= 15 is 0 Å². The van der Waals surface area contributed by atoms with Gasteiger partial charge in [-0.25, -0.2) is 4.99 Å². The van der Waals surface area contributed by atoms with Crippen LogP contribution in [0.25, 0.3) is 0 Å². The second-order valence-corrected chi connectivity index (χ2v) is 7.46. The van der Waals surface area contributed by atoms with Crippen molar-refractivity contribution in [2.45, 2.75) is 38.8 Å². The summed E-state index contributed by atoms with van der Waals surface area (Å²) in [6.07, 6.45) is 3.05. The lowest BCUT2D eigenvalue weighted by Crippen LogP contribution is -2.57. The first-order chi connectivity index (χ1) is 13.6. The van der Waals surface area contributed by atoms with Gasteiger partial charge in [-0.2, -0.15) is 0 Å². The van der Waals surface area contributed by atoms with Gasteiger partial charge >= 0.3 is 0 Å². The number of guanidine groups is 1.